The number of ether oxygens (including phenoxy) is 2. The molecule has 1 heterocycles. The number of carbonyl (C=O) groups is 2. The molecule has 1 aliphatic heterocycles. The fourth-order valence-electron chi connectivity index (χ4n) is 3.65. The molecule has 178 valence electrons. The van der Waals surface area contributed by atoms with Gasteiger partial charge in [0, 0.05) is 5.69 Å². The molecule has 35 heavy (non-hydrogen) atoms. The Bertz CT molecular complexity index is 1330. The van der Waals surface area contributed by atoms with Crippen molar-refractivity contribution < 1.29 is 19.1 Å². The van der Waals surface area contributed by atoms with Crippen molar-refractivity contribution in [1.29, 1.82) is 0 Å². The first-order valence-corrected chi connectivity index (χ1v) is 11.2. The van der Waals surface area contributed by atoms with Gasteiger partial charge in [-0.15, -0.1) is 0 Å². The van der Waals surface area contributed by atoms with Crippen molar-refractivity contribution in [3.05, 3.63) is 89.0 Å². The topological polar surface area (TPSA) is 80.2 Å². The second-order valence-electron chi connectivity index (χ2n) is 8.24. The Labute approximate surface area is 204 Å². The van der Waals surface area contributed by atoms with E-state index in [1.54, 1.807) is 31.2 Å². The Morgan fingerprint density at radius 2 is 1.74 bits per heavy atom. The Morgan fingerprint density at radius 3 is 2.46 bits per heavy atom. The molecular formula is C28H27N3O4. The van der Waals surface area contributed by atoms with Gasteiger partial charge in [-0.05, 0) is 79.9 Å². The van der Waals surface area contributed by atoms with Crippen LogP contribution in [0.1, 0.15) is 23.6 Å². The summed E-state index contributed by atoms with van der Waals surface area (Å²) in [6, 6.07) is 20.3. The van der Waals surface area contributed by atoms with Crippen molar-refractivity contribution in [2.45, 2.75) is 20.8 Å². The average Bonchev–Trinajstić information content (AvgIpc) is 3.14. The first-order chi connectivity index (χ1) is 16.9. The van der Waals surface area contributed by atoms with E-state index in [2.05, 4.69) is 10.4 Å². The van der Waals surface area contributed by atoms with Crippen LogP contribution >= 0.6 is 0 Å². The van der Waals surface area contributed by atoms with Crippen molar-refractivity contribution in [3.63, 3.8) is 0 Å². The summed E-state index contributed by atoms with van der Waals surface area (Å²) in [5.41, 5.74) is 5.56. The van der Waals surface area contributed by atoms with Crippen LogP contribution in [0, 0.1) is 13.8 Å². The van der Waals surface area contributed by atoms with Crippen LogP contribution in [0.3, 0.4) is 0 Å². The third-order valence-electron chi connectivity index (χ3n) is 5.71. The van der Waals surface area contributed by atoms with Gasteiger partial charge < -0.3 is 14.8 Å². The van der Waals surface area contributed by atoms with Gasteiger partial charge in [0.1, 0.15) is 0 Å². The van der Waals surface area contributed by atoms with E-state index in [1.165, 1.54) is 12.1 Å². The molecule has 0 atom stereocenters. The van der Waals surface area contributed by atoms with Crippen molar-refractivity contribution in [1.82, 2.24) is 0 Å². The third-order valence-corrected chi connectivity index (χ3v) is 5.71. The number of anilines is 2. The van der Waals surface area contributed by atoms with Crippen molar-refractivity contribution in [2.75, 3.05) is 24.0 Å². The van der Waals surface area contributed by atoms with E-state index in [0.29, 0.717) is 28.5 Å². The van der Waals surface area contributed by atoms with Crippen LogP contribution in [0.15, 0.2) is 77.4 Å². The number of hydrazone groups is 1. The largest absolute Gasteiger partial charge is 0.493 e. The molecule has 4 rings (SSSR count). The van der Waals surface area contributed by atoms with Gasteiger partial charge in [-0.3, -0.25) is 9.59 Å². The van der Waals surface area contributed by atoms with Crippen molar-refractivity contribution in [3.8, 4) is 11.5 Å². The molecule has 7 heteroatoms. The zero-order chi connectivity index (χ0) is 24.9. The monoisotopic (exact) mass is 469 g/mol. The summed E-state index contributed by atoms with van der Waals surface area (Å²) in [4.78, 5) is 25.3. The Balaban J connectivity index is 1.45. The first kappa shape index (κ1) is 23.8. The highest BCUT2D eigenvalue weighted by atomic mass is 16.5. The highest BCUT2D eigenvalue weighted by molar-refractivity contribution is 6.32. The fraction of sp³-hybridized carbons (Fsp3) is 0.179. The molecule has 1 aliphatic rings. The first-order valence-electron chi connectivity index (χ1n) is 11.2. The Kier molecular flexibility index (Phi) is 6.96. The summed E-state index contributed by atoms with van der Waals surface area (Å²) in [5, 5.41) is 8.63. The number of nitrogens with one attached hydrogen (secondary N) is 1. The minimum Gasteiger partial charge on any atom is -0.493 e. The summed E-state index contributed by atoms with van der Waals surface area (Å²) in [5.74, 6) is 0.416. The van der Waals surface area contributed by atoms with Gasteiger partial charge in [-0.1, -0.05) is 30.3 Å². The molecule has 0 bridgehead atoms. The van der Waals surface area contributed by atoms with E-state index in [-0.39, 0.29) is 18.4 Å². The van der Waals surface area contributed by atoms with Crippen LogP contribution < -0.4 is 19.8 Å². The zero-order valence-electron chi connectivity index (χ0n) is 20.2. The third kappa shape index (κ3) is 5.41. The van der Waals surface area contributed by atoms with E-state index in [1.807, 2.05) is 62.4 Å². The molecule has 3 aromatic rings. The Morgan fingerprint density at radius 1 is 0.971 bits per heavy atom. The number of carbonyl (C=O) groups excluding carboxylic acids is 2. The number of aryl methyl sites for hydroxylation is 2. The second kappa shape index (κ2) is 10.3. The number of rotatable bonds is 7. The summed E-state index contributed by atoms with van der Waals surface area (Å²) in [7, 11) is 1.53. The number of hydrogen-bond acceptors (Lipinski definition) is 5. The van der Waals surface area contributed by atoms with Gasteiger partial charge in [0.05, 0.1) is 24.1 Å². The van der Waals surface area contributed by atoms with Crippen LogP contribution in [0.25, 0.3) is 6.08 Å². The van der Waals surface area contributed by atoms with Gasteiger partial charge in [0.15, 0.2) is 18.1 Å². The zero-order valence-corrected chi connectivity index (χ0v) is 20.2. The average molecular weight is 470 g/mol. The number of hydrogen-bond donors (Lipinski definition) is 1. The van der Waals surface area contributed by atoms with Crippen molar-refractivity contribution >= 4 is 35.0 Å². The molecule has 0 spiro atoms. The number of para-hydroxylation sites is 1. The highest BCUT2D eigenvalue weighted by Gasteiger charge is 2.28. The summed E-state index contributed by atoms with van der Waals surface area (Å²) >= 11 is 0. The molecular weight excluding hydrogens is 442 g/mol. The predicted octanol–water partition coefficient (Wildman–Crippen LogP) is 5.14. The quantitative estimate of drug-likeness (QED) is 0.486. The molecule has 3 aromatic carbocycles. The molecule has 0 saturated heterocycles. The second-order valence-corrected chi connectivity index (χ2v) is 8.24. The van der Waals surface area contributed by atoms with E-state index in [4.69, 9.17) is 9.47 Å². The van der Waals surface area contributed by atoms with Gasteiger partial charge in [0.25, 0.3) is 11.8 Å². The molecule has 2 amide bonds. The van der Waals surface area contributed by atoms with E-state index in [0.717, 1.165) is 22.4 Å². The number of benzene rings is 3. The molecule has 0 aromatic heterocycles. The summed E-state index contributed by atoms with van der Waals surface area (Å²) < 4.78 is 11.2. The van der Waals surface area contributed by atoms with Gasteiger partial charge in [-0.25, -0.2) is 0 Å². The number of methoxy groups -OCH3 is 1. The van der Waals surface area contributed by atoms with E-state index in [9.17, 15) is 9.59 Å². The highest BCUT2D eigenvalue weighted by Crippen LogP contribution is 2.30. The normalized spacial score (nSPS) is 14.2. The van der Waals surface area contributed by atoms with Gasteiger partial charge in [0.2, 0.25) is 0 Å². The van der Waals surface area contributed by atoms with Crippen LogP contribution in [-0.4, -0.2) is 31.2 Å². The fourth-order valence-corrected chi connectivity index (χ4v) is 3.65. The van der Waals surface area contributed by atoms with Crippen LogP contribution in [0.5, 0.6) is 11.5 Å². The van der Waals surface area contributed by atoms with Crippen LogP contribution in [0.4, 0.5) is 11.4 Å². The minimum absolute atomic E-state index is 0.167. The molecule has 0 fully saturated rings. The maximum Gasteiger partial charge on any atom is 0.280 e. The lowest BCUT2D eigenvalue weighted by Gasteiger charge is -2.13. The minimum atomic E-state index is -0.272. The number of amides is 2. The SMILES string of the molecule is COc1cc(C=C2C(=O)N(c3ccccc3)N=C2C)ccc1OCC(=O)Nc1ccc(C)c(C)c1. The maximum absolute atomic E-state index is 13.0. The van der Waals surface area contributed by atoms with Gasteiger partial charge >= 0.3 is 0 Å². The van der Waals surface area contributed by atoms with Gasteiger partial charge in [-0.2, -0.15) is 10.1 Å². The predicted molar refractivity (Wildman–Crippen MR) is 138 cm³/mol. The number of nitrogens with zero attached hydrogens (tertiary/aromatic N) is 2. The van der Waals surface area contributed by atoms with Crippen LogP contribution in [-0.2, 0) is 9.59 Å². The van der Waals surface area contributed by atoms with E-state index < -0.39 is 0 Å². The standard InChI is InChI=1S/C28H27N3O4/c1-18-10-12-22(14-19(18)2)29-27(32)17-35-25-13-11-21(16-26(25)34-4)15-24-20(3)30-31(28(24)33)23-8-6-5-7-9-23/h5-16H,17H2,1-4H3,(H,29,32). The lowest BCUT2D eigenvalue weighted by molar-refractivity contribution is -0.118. The van der Waals surface area contributed by atoms with E-state index >= 15 is 0 Å². The van der Waals surface area contributed by atoms with Crippen molar-refractivity contribution in [2.24, 2.45) is 5.10 Å². The molecule has 0 radical (unpaired) electrons. The molecule has 0 unspecified atom stereocenters. The molecule has 0 saturated carbocycles. The molecule has 1 N–H and O–H groups in total. The lowest BCUT2D eigenvalue weighted by atomic mass is 10.1. The maximum atomic E-state index is 13.0. The molecule has 0 aliphatic carbocycles. The summed E-state index contributed by atoms with van der Waals surface area (Å²) in [6.45, 7) is 5.65. The van der Waals surface area contributed by atoms with Crippen LogP contribution in [0.2, 0.25) is 0 Å². The molecule has 7 nitrogen and oxygen atoms in total. The Hall–Kier alpha value is -4.39. The lowest BCUT2D eigenvalue weighted by Crippen LogP contribution is -2.21. The summed E-state index contributed by atoms with van der Waals surface area (Å²) in [6.07, 6.45) is 1.77. The smallest absolute Gasteiger partial charge is 0.280 e.